The Balaban J connectivity index is 1.30. The smallest absolute Gasteiger partial charge is 0.270 e. The zero-order valence-electron chi connectivity index (χ0n) is 19.5. The van der Waals surface area contributed by atoms with Gasteiger partial charge in [0.2, 0.25) is 0 Å². The topological polar surface area (TPSA) is 65.4 Å². The van der Waals surface area contributed by atoms with Crippen LogP contribution in [0.5, 0.6) is 0 Å². The van der Waals surface area contributed by atoms with Crippen LogP contribution >= 0.6 is 11.3 Å². The quantitative estimate of drug-likeness (QED) is 0.344. The van der Waals surface area contributed by atoms with Crippen molar-refractivity contribution in [1.29, 1.82) is 0 Å². The van der Waals surface area contributed by atoms with E-state index in [1.165, 1.54) is 25.7 Å². The molecule has 35 heavy (non-hydrogen) atoms. The molecule has 1 fully saturated rings. The lowest BCUT2D eigenvalue weighted by Gasteiger charge is -2.17. The van der Waals surface area contributed by atoms with Gasteiger partial charge < -0.3 is 14.8 Å². The molecule has 6 rings (SSSR count). The highest BCUT2D eigenvalue weighted by Crippen LogP contribution is 2.40. The van der Waals surface area contributed by atoms with E-state index in [1.807, 2.05) is 41.9 Å². The van der Waals surface area contributed by atoms with Crippen LogP contribution in [0.25, 0.3) is 37.0 Å². The van der Waals surface area contributed by atoms with Crippen LogP contribution < -0.4 is 5.32 Å². The number of carbonyl (C=O) groups is 1. The SMILES string of the molecule is CC1(C)OCC(CNC(=O)c2cncn2-c2cccc(-c3cccc4c3sc3ccccc34)c2)O1. The van der Waals surface area contributed by atoms with E-state index in [0.717, 1.165) is 11.3 Å². The zero-order valence-corrected chi connectivity index (χ0v) is 20.3. The largest absolute Gasteiger partial charge is 0.348 e. The lowest BCUT2D eigenvalue weighted by atomic mass is 10.0. The lowest BCUT2D eigenvalue weighted by molar-refractivity contribution is -0.137. The van der Waals surface area contributed by atoms with Crippen LogP contribution in [0.4, 0.5) is 0 Å². The molecule has 2 aromatic heterocycles. The van der Waals surface area contributed by atoms with Gasteiger partial charge in [-0.1, -0.05) is 48.5 Å². The predicted molar refractivity (Wildman–Crippen MR) is 139 cm³/mol. The van der Waals surface area contributed by atoms with Crippen molar-refractivity contribution in [3.05, 3.63) is 84.9 Å². The van der Waals surface area contributed by atoms with Gasteiger partial charge in [0.1, 0.15) is 11.8 Å². The Hall–Kier alpha value is -3.52. The van der Waals surface area contributed by atoms with Gasteiger partial charge in [-0.25, -0.2) is 4.98 Å². The number of thiophene rings is 1. The molecule has 1 N–H and O–H groups in total. The normalized spacial score (nSPS) is 17.3. The highest BCUT2D eigenvalue weighted by molar-refractivity contribution is 7.26. The number of carbonyl (C=O) groups excluding carboxylic acids is 1. The molecule has 1 saturated heterocycles. The van der Waals surface area contributed by atoms with E-state index in [0.29, 0.717) is 18.8 Å². The van der Waals surface area contributed by atoms with Crippen LogP contribution in [-0.4, -0.2) is 40.5 Å². The molecule has 0 spiro atoms. The van der Waals surface area contributed by atoms with Crippen molar-refractivity contribution in [3.8, 4) is 16.8 Å². The Bertz CT molecular complexity index is 1550. The van der Waals surface area contributed by atoms with Crippen LogP contribution in [0.2, 0.25) is 0 Å². The second kappa shape index (κ2) is 8.61. The van der Waals surface area contributed by atoms with E-state index in [1.54, 1.807) is 12.5 Å². The molecule has 3 aromatic carbocycles. The van der Waals surface area contributed by atoms with E-state index in [2.05, 4.69) is 64.9 Å². The second-order valence-electron chi connectivity index (χ2n) is 9.14. The van der Waals surface area contributed by atoms with Crippen molar-refractivity contribution >= 4 is 37.4 Å². The summed E-state index contributed by atoms with van der Waals surface area (Å²) >= 11 is 1.81. The summed E-state index contributed by atoms with van der Waals surface area (Å²) in [5.74, 6) is -0.817. The molecule has 0 aliphatic carbocycles. The van der Waals surface area contributed by atoms with Crippen molar-refractivity contribution in [3.63, 3.8) is 0 Å². The number of nitrogens with zero attached hydrogens (tertiary/aromatic N) is 2. The highest BCUT2D eigenvalue weighted by Gasteiger charge is 2.32. The van der Waals surface area contributed by atoms with Crippen LogP contribution in [0.3, 0.4) is 0 Å². The van der Waals surface area contributed by atoms with Crippen molar-refractivity contribution < 1.29 is 14.3 Å². The van der Waals surface area contributed by atoms with Crippen LogP contribution in [-0.2, 0) is 9.47 Å². The average molecular weight is 484 g/mol. The molecule has 6 nitrogen and oxygen atoms in total. The maximum absolute atomic E-state index is 13.0. The number of aromatic nitrogens is 2. The van der Waals surface area contributed by atoms with Crippen molar-refractivity contribution in [2.75, 3.05) is 13.2 Å². The molecule has 0 radical (unpaired) electrons. The van der Waals surface area contributed by atoms with Gasteiger partial charge in [-0.15, -0.1) is 11.3 Å². The molecular formula is C28H25N3O3S. The third-order valence-electron chi connectivity index (χ3n) is 6.27. The minimum atomic E-state index is -0.616. The van der Waals surface area contributed by atoms with E-state index in [-0.39, 0.29) is 12.0 Å². The first kappa shape index (κ1) is 22.0. The minimum absolute atomic E-state index is 0.171. The summed E-state index contributed by atoms with van der Waals surface area (Å²) in [6.45, 7) is 4.58. The van der Waals surface area contributed by atoms with Gasteiger partial charge in [0, 0.05) is 32.4 Å². The molecule has 5 aromatic rings. The maximum atomic E-state index is 13.0. The van der Waals surface area contributed by atoms with Crippen molar-refractivity contribution in [2.45, 2.75) is 25.7 Å². The molecule has 0 bridgehead atoms. The number of ether oxygens (including phenoxy) is 2. The van der Waals surface area contributed by atoms with Gasteiger partial charge in [0.15, 0.2) is 5.79 Å². The highest BCUT2D eigenvalue weighted by atomic mass is 32.1. The number of benzene rings is 3. The van der Waals surface area contributed by atoms with Gasteiger partial charge in [-0.3, -0.25) is 9.36 Å². The van der Waals surface area contributed by atoms with E-state index in [4.69, 9.17) is 9.47 Å². The van der Waals surface area contributed by atoms with Crippen LogP contribution in [0.1, 0.15) is 24.3 Å². The Labute approximate surface area is 207 Å². The first-order valence-electron chi connectivity index (χ1n) is 11.6. The van der Waals surface area contributed by atoms with Crippen molar-refractivity contribution in [2.24, 2.45) is 0 Å². The summed E-state index contributed by atoms with van der Waals surface area (Å²) in [7, 11) is 0. The molecule has 176 valence electrons. The molecule has 1 amide bonds. The molecule has 1 aliphatic heterocycles. The third-order valence-corrected chi connectivity index (χ3v) is 7.49. The number of imidazole rings is 1. The number of amides is 1. The number of hydrogen-bond acceptors (Lipinski definition) is 5. The summed E-state index contributed by atoms with van der Waals surface area (Å²) in [5.41, 5.74) is 3.63. The van der Waals surface area contributed by atoms with E-state index in [9.17, 15) is 4.79 Å². The second-order valence-corrected chi connectivity index (χ2v) is 10.2. The number of rotatable bonds is 5. The molecular weight excluding hydrogens is 458 g/mol. The van der Waals surface area contributed by atoms with Crippen LogP contribution in [0, 0.1) is 0 Å². The summed E-state index contributed by atoms with van der Waals surface area (Å²) in [6, 6.07) is 23.2. The predicted octanol–water partition coefficient (Wildman–Crippen LogP) is 5.79. The molecule has 1 aliphatic rings. The molecule has 0 saturated carbocycles. The summed E-state index contributed by atoms with van der Waals surface area (Å²) in [4.78, 5) is 17.2. The van der Waals surface area contributed by atoms with Gasteiger partial charge in [0.05, 0.1) is 19.1 Å². The Morgan fingerprint density at radius 3 is 2.80 bits per heavy atom. The van der Waals surface area contributed by atoms with Gasteiger partial charge in [-0.05, 0) is 43.2 Å². The molecule has 3 heterocycles. The number of hydrogen-bond donors (Lipinski definition) is 1. The monoisotopic (exact) mass is 483 g/mol. The summed E-state index contributed by atoms with van der Waals surface area (Å²) < 4.78 is 15.7. The maximum Gasteiger partial charge on any atom is 0.270 e. The van der Waals surface area contributed by atoms with E-state index >= 15 is 0 Å². The Morgan fingerprint density at radius 2 is 1.94 bits per heavy atom. The Morgan fingerprint density at radius 1 is 1.11 bits per heavy atom. The third kappa shape index (κ3) is 4.12. The Kier molecular flexibility index (Phi) is 5.40. The first-order valence-corrected chi connectivity index (χ1v) is 12.4. The van der Waals surface area contributed by atoms with Gasteiger partial charge in [0.25, 0.3) is 5.91 Å². The standard InChI is InChI=1S/C28H25N3O3S/c1-28(2)33-16-20(34-28)14-30-27(32)24-15-29-17-31(24)19-8-5-7-18(13-19)21-10-6-11-23-22-9-3-4-12-25(22)35-26(21)23/h3-13,15,17,20H,14,16H2,1-2H3,(H,30,32). The molecule has 1 unspecified atom stereocenters. The van der Waals surface area contributed by atoms with Crippen molar-refractivity contribution in [1.82, 2.24) is 14.9 Å². The molecule has 7 heteroatoms. The fourth-order valence-electron chi connectivity index (χ4n) is 4.63. The average Bonchev–Trinajstić information content (AvgIpc) is 3.59. The number of nitrogens with one attached hydrogen (secondary N) is 1. The fraction of sp³-hybridized carbons (Fsp3) is 0.214. The number of fused-ring (bicyclic) bond motifs is 3. The minimum Gasteiger partial charge on any atom is -0.348 e. The first-order chi connectivity index (χ1) is 17.0. The molecule has 1 atom stereocenters. The summed E-state index contributed by atoms with van der Waals surface area (Å²) in [5, 5.41) is 5.50. The summed E-state index contributed by atoms with van der Waals surface area (Å²) in [6.07, 6.45) is 3.09. The lowest BCUT2D eigenvalue weighted by Crippen LogP contribution is -2.35. The van der Waals surface area contributed by atoms with Gasteiger partial charge in [-0.2, -0.15) is 0 Å². The van der Waals surface area contributed by atoms with Crippen LogP contribution in [0.15, 0.2) is 79.3 Å². The fourth-order valence-corrected chi connectivity index (χ4v) is 5.87. The van der Waals surface area contributed by atoms with E-state index < -0.39 is 5.79 Å². The zero-order chi connectivity index (χ0) is 24.0. The van der Waals surface area contributed by atoms with Gasteiger partial charge >= 0.3 is 0 Å².